The van der Waals surface area contributed by atoms with E-state index in [4.69, 9.17) is 18.6 Å². The van der Waals surface area contributed by atoms with E-state index in [-0.39, 0.29) is 11.7 Å². The van der Waals surface area contributed by atoms with Crippen LogP contribution < -0.4 is 14.8 Å². The van der Waals surface area contributed by atoms with E-state index in [9.17, 15) is 9.59 Å². The number of hydrogen-bond acceptors (Lipinski definition) is 7. The van der Waals surface area contributed by atoms with Crippen molar-refractivity contribution in [2.45, 2.75) is 51.9 Å². The van der Waals surface area contributed by atoms with Gasteiger partial charge in [0.15, 0.2) is 17.3 Å². The number of dihydropyridines is 1. The van der Waals surface area contributed by atoms with Crippen LogP contribution in [0.15, 0.2) is 57.3 Å². The lowest BCUT2D eigenvalue weighted by molar-refractivity contribution is -0.139. The van der Waals surface area contributed by atoms with E-state index in [1.165, 1.54) is 0 Å². The summed E-state index contributed by atoms with van der Waals surface area (Å²) in [6, 6.07) is 9.44. The second kappa shape index (κ2) is 9.79. The minimum atomic E-state index is -0.590. The molecular weight excluding hydrogens is 434 g/mol. The van der Waals surface area contributed by atoms with Gasteiger partial charge in [0.1, 0.15) is 11.5 Å². The highest BCUT2D eigenvalue weighted by molar-refractivity contribution is 6.04. The van der Waals surface area contributed by atoms with Gasteiger partial charge >= 0.3 is 5.97 Å². The molecule has 2 aliphatic rings. The first-order chi connectivity index (χ1) is 16.4. The summed E-state index contributed by atoms with van der Waals surface area (Å²) < 4.78 is 22.2. The molecule has 1 N–H and O–H groups in total. The highest BCUT2D eigenvalue weighted by atomic mass is 16.5. The van der Waals surface area contributed by atoms with Gasteiger partial charge in [-0.3, -0.25) is 4.79 Å². The number of benzene rings is 1. The van der Waals surface area contributed by atoms with Crippen LogP contribution in [0.1, 0.15) is 62.0 Å². The number of allylic oxidation sites excluding steroid dienone is 3. The summed E-state index contributed by atoms with van der Waals surface area (Å²) in [5, 5.41) is 3.35. The lowest BCUT2D eigenvalue weighted by atomic mass is 9.73. The minimum absolute atomic E-state index is 0.0131. The Labute approximate surface area is 199 Å². The fourth-order valence-electron chi connectivity index (χ4n) is 4.82. The highest BCUT2D eigenvalue weighted by Gasteiger charge is 2.42. The molecule has 1 aromatic carbocycles. The average Bonchev–Trinajstić information content (AvgIpc) is 3.26. The third kappa shape index (κ3) is 4.34. The van der Waals surface area contributed by atoms with E-state index in [1.54, 1.807) is 14.2 Å². The quantitative estimate of drug-likeness (QED) is 0.581. The number of hydrogen-bond donors (Lipinski definition) is 1. The maximum Gasteiger partial charge on any atom is 0.336 e. The van der Waals surface area contributed by atoms with Crippen LogP contribution in [0.4, 0.5) is 0 Å². The van der Waals surface area contributed by atoms with E-state index in [1.807, 2.05) is 51.1 Å². The third-order valence-corrected chi connectivity index (χ3v) is 6.41. The Kier molecular flexibility index (Phi) is 6.82. The molecule has 0 bridgehead atoms. The number of nitrogens with one attached hydrogen (secondary N) is 1. The number of aryl methyl sites for hydroxylation is 1. The zero-order valence-electron chi connectivity index (χ0n) is 20.3. The Hall–Kier alpha value is -3.48. The van der Waals surface area contributed by atoms with Crippen molar-refractivity contribution in [3.63, 3.8) is 0 Å². The van der Waals surface area contributed by atoms with Gasteiger partial charge in [-0.15, -0.1) is 0 Å². The third-order valence-electron chi connectivity index (χ3n) is 6.41. The number of carbonyl (C=O) groups is 2. The number of methoxy groups -OCH3 is 2. The Balaban J connectivity index is 1.74. The SMILES string of the molecule is CCCOC(=O)C1=C(C)NC2=C(C(=O)CC(c3ccc(OC)c(OC)c3)C2)C1c1ccc(C)o1. The zero-order valence-corrected chi connectivity index (χ0v) is 20.3. The molecule has 2 unspecified atom stereocenters. The predicted octanol–water partition coefficient (Wildman–Crippen LogP) is 4.92. The average molecular weight is 466 g/mol. The maximum absolute atomic E-state index is 13.6. The monoisotopic (exact) mass is 465 g/mol. The molecule has 0 spiro atoms. The van der Waals surface area contributed by atoms with Crippen LogP contribution in [0.2, 0.25) is 0 Å². The molecule has 0 radical (unpaired) electrons. The predicted molar refractivity (Wildman–Crippen MR) is 127 cm³/mol. The number of Topliss-reactive ketones (excluding diaryl/α,β-unsaturated/α-hetero) is 1. The fourth-order valence-corrected chi connectivity index (χ4v) is 4.82. The van der Waals surface area contributed by atoms with Gasteiger partial charge in [-0.05, 0) is 62.4 Å². The number of furan rings is 1. The Bertz CT molecular complexity index is 1170. The van der Waals surface area contributed by atoms with Crippen LogP contribution in [-0.2, 0) is 14.3 Å². The van der Waals surface area contributed by atoms with Crippen LogP contribution in [0.5, 0.6) is 11.5 Å². The number of esters is 1. The molecule has 2 heterocycles. The topological polar surface area (TPSA) is 87.0 Å². The van der Waals surface area contributed by atoms with Crippen LogP contribution in [0, 0.1) is 6.92 Å². The van der Waals surface area contributed by atoms with Crippen LogP contribution >= 0.6 is 0 Å². The summed E-state index contributed by atoms with van der Waals surface area (Å²) in [6.45, 7) is 5.96. The summed E-state index contributed by atoms with van der Waals surface area (Å²) in [6.07, 6.45) is 1.67. The molecule has 0 amide bonds. The first kappa shape index (κ1) is 23.7. The van der Waals surface area contributed by atoms with Crippen molar-refractivity contribution in [2.75, 3.05) is 20.8 Å². The maximum atomic E-state index is 13.6. The van der Waals surface area contributed by atoms with Crippen molar-refractivity contribution in [2.24, 2.45) is 0 Å². The second-order valence-corrected chi connectivity index (χ2v) is 8.72. The molecule has 2 atom stereocenters. The first-order valence-corrected chi connectivity index (χ1v) is 11.6. The van der Waals surface area contributed by atoms with E-state index in [0.29, 0.717) is 53.6 Å². The van der Waals surface area contributed by atoms with Gasteiger partial charge < -0.3 is 23.9 Å². The molecule has 2 aromatic rings. The van der Waals surface area contributed by atoms with Crippen LogP contribution in [0.3, 0.4) is 0 Å². The van der Waals surface area contributed by atoms with E-state index < -0.39 is 11.9 Å². The van der Waals surface area contributed by atoms with Gasteiger partial charge in [-0.25, -0.2) is 4.79 Å². The number of rotatable bonds is 7. The van der Waals surface area contributed by atoms with Crippen molar-refractivity contribution in [1.29, 1.82) is 0 Å². The smallest absolute Gasteiger partial charge is 0.336 e. The van der Waals surface area contributed by atoms with Crippen molar-refractivity contribution < 1.29 is 28.2 Å². The van der Waals surface area contributed by atoms with Crippen molar-refractivity contribution >= 4 is 11.8 Å². The summed E-state index contributed by atoms with van der Waals surface area (Å²) >= 11 is 0. The Morgan fingerprint density at radius 3 is 2.50 bits per heavy atom. The van der Waals surface area contributed by atoms with Crippen molar-refractivity contribution in [3.05, 3.63) is 70.0 Å². The van der Waals surface area contributed by atoms with Crippen molar-refractivity contribution in [3.8, 4) is 11.5 Å². The summed E-state index contributed by atoms with van der Waals surface area (Å²) in [7, 11) is 3.19. The Morgan fingerprint density at radius 1 is 1.09 bits per heavy atom. The highest BCUT2D eigenvalue weighted by Crippen LogP contribution is 2.46. The lowest BCUT2D eigenvalue weighted by Crippen LogP contribution is -2.36. The molecule has 4 rings (SSSR count). The van der Waals surface area contributed by atoms with Crippen molar-refractivity contribution in [1.82, 2.24) is 5.32 Å². The lowest BCUT2D eigenvalue weighted by Gasteiger charge is -2.35. The summed E-state index contributed by atoms with van der Waals surface area (Å²) in [4.78, 5) is 26.6. The van der Waals surface area contributed by atoms with Gasteiger partial charge in [0, 0.05) is 23.4 Å². The summed E-state index contributed by atoms with van der Waals surface area (Å²) in [5.41, 5.74) is 3.51. The molecule has 1 aliphatic heterocycles. The summed E-state index contributed by atoms with van der Waals surface area (Å²) in [5.74, 6) is 1.52. The number of carbonyl (C=O) groups excluding carboxylic acids is 2. The Morgan fingerprint density at radius 2 is 1.85 bits per heavy atom. The van der Waals surface area contributed by atoms with Gasteiger partial charge in [0.25, 0.3) is 0 Å². The first-order valence-electron chi connectivity index (χ1n) is 11.6. The zero-order chi connectivity index (χ0) is 24.4. The van der Waals surface area contributed by atoms with Crippen LogP contribution in [0.25, 0.3) is 0 Å². The fraction of sp³-hybridized carbons (Fsp3) is 0.407. The molecule has 7 heteroatoms. The standard InChI is InChI=1S/C27H31NO6/c1-6-11-33-27(30)24-16(3)28-19-12-18(17-8-10-21(31-4)23(14-17)32-5)13-20(29)25(19)26(24)22-9-7-15(2)34-22/h7-10,14,18,26,28H,6,11-13H2,1-5H3. The van der Waals surface area contributed by atoms with E-state index in [0.717, 1.165) is 23.4 Å². The molecular formula is C27H31NO6. The molecule has 34 heavy (non-hydrogen) atoms. The van der Waals surface area contributed by atoms with Gasteiger partial charge in [0.05, 0.1) is 32.3 Å². The number of ether oxygens (including phenoxy) is 3. The molecule has 0 fully saturated rings. The largest absolute Gasteiger partial charge is 0.493 e. The van der Waals surface area contributed by atoms with Gasteiger partial charge in [-0.2, -0.15) is 0 Å². The normalized spacial score (nSPS) is 20.1. The molecule has 7 nitrogen and oxygen atoms in total. The van der Waals surface area contributed by atoms with Crippen LogP contribution in [-0.4, -0.2) is 32.6 Å². The molecule has 1 aliphatic carbocycles. The minimum Gasteiger partial charge on any atom is -0.493 e. The van der Waals surface area contributed by atoms with Gasteiger partial charge in [-0.1, -0.05) is 13.0 Å². The van der Waals surface area contributed by atoms with Gasteiger partial charge in [0.2, 0.25) is 0 Å². The molecule has 0 saturated carbocycles. The molecule has 180 valence electrons. The van der Waals surface area contributed by atoms with E-state index in [2.05, 4.69) is 5.32 Å². The molecule has 1 aromatic heterocycles. The second-order valence-electron chi connectivity index (χ2n) is 8.72. The van der Waals surface area contributed by atoms with E-state index >= 15 is 0 Å². The number of ketones is 1. The molecule has 0 saturated heterocycles.